The van der Waals surface area contributed by atoms with Gasteiger partial charge < -0.3 is 10.6 Å². The van der Waals surface area contributed by atoms with Gasteiger partial charge in [0, 0.05) is 16.6 Å². The van der Waals surface area contributed by atoms with Crippen LogP contribution in [0.25, 0.3) is 0 Å². The molecule has 2 aromatic rings. The Hall–Kier alpha value is -2.14. The van der Waals surface area contributed by atoms with Crippen molar-refractivity contribution in [2.24, 2.45) is 0 Å². The van der Waals surface area contributed by atoms with Crippen LogP contribution in [0.5, 0.6) is 0 Å². The zero-order valence-electron chi connectivity index (χ0n) is 12.9. The molecular formula is C18H19BrN2O2. The summed E-state index contributed by atoms with van der Waals surface area (Å²) in [7, 11) is 0. The van der Waals surface area contributed by atoms with Crippen molar-refractivity contribution in [3.8, 4) is 0 Å². The van der Waals surface area contributed by atoms with Crippen LogP contribution < -0.4 is 10.6 Å². The molecule has 0 radical (unpaired) electrons. The summed E-state index contributed by atoms with van der Waals surface area (Å²) in [6, 6.07) is 17.0. The minimum absolute atomic E-state index is 0.0313. The number of halogens is 1. The van der Waals surface area contributed by atoms with E-state index in [1.807, 2.05) is 30.3 Å². The molecule has 0 aliphatic carbocycles. The van der Waals surface area contributed by atoms with E-state index in [1.54, 1.807) is 24.3 Å². The predicted octanol–water partition coefficient (Wildman–Crippen LogP) is 3.10. The number of carbonyl (C=O) groups is 2. The van der Waals surface area contributed by atoms with Gasteiger partial charge in [-0.25, -0.2) is 0 Å². The fourth-order valence-corrected chi connectivity index (χ4v) is 2.36. The highest BCUT2D eigenvalue weighted by atomic mass is 79.9. The summed E-state index contributed by atoms with van der Waals surface area (Å²) in [6.07, 6.45) is 0. The van der Waals surface area contributed by atoms with Crippen LogP contribution in [0.4, 0.5) is 0 Å². The van der Waals surface area contributed by atoms with E-state index < -0.39 is 0 Å². The van der Waals surface area contributed by atoms with Gasteiger partial charge in [-0.05, 0) is 35.7 Å². The molecule has 2 N–H and O–H groups in total. The Morgan fingerprint density at radius 2 is 1.65 bits per heavy atom. The molecule has 1 atom stereocenters. The molecule has 4 nitrogen and oxygen atoms in total. The van der Waals surface area contributed by atoms with Crippen LogP contribution in [0.1, 0.15) is 28.8 Å². The highest BCUT2D eigenvalue weighted by Gasteiger charge is 2.10. The van der Waals surface area contributed by atoms with E-state index in [0.29, 0.717) is 12.1 Å². The largest absolute Gasteiger partial charge is 0.354 e. The number of nitrogens with one attached hydrogen (secondary N) is 2. The van der Waals surface area contributed by atoms with E-state index in [2.05, 4.69) is 33.5 Å². The van der Waals surface area contributed by atoms with Gasteiger partial charge in [0.2, 0.25) is 5.91 Å². The fourth-order valence-electron chi connectivity index (χ4n) is 2.09. The van der Waals surface area contributed by atoms with Crippen LogP contribution in [0, 0.1) is 0 Å². The lowest BCUT2D eigenvalue weighted by atomic mass is 10.0. The van der Waals surface area contributed by atoms with Crippen molar-refractivity contribution in [1.29, 1.82) is 0 Å². The highest BCUT2D eigenvalue weighted by Crippen LogP contribution is 2.13. The molecule has 0 aromatic heterocycles. The van der Waals surface area contributed by atoms with Crippen LogP contribution in [0.3, 0.4) is 0 Å². The standard InChI is InChI=1S/C18H19BrN2O2/c1-13(14-5-3-2-4-6-14)11-20-17(22)12-21-18(23)15-7-9-16(19)10-8-15/h2-10,13H,11-12H2,1H3,(H,20,22)(H,21,23)/t13-/m0/s1. The van der Waals surface area contributed by atoms with Gasteiger partial charge in [0.25, 0.3) is 5.91 Å². The molecule has 0 unspecified atom stereocenters. The van der Waals surface area contributed by atoms with Crippen molar-refractivity contribution in [3.05, 3.63) is 70.2 Å². The minimum atomic E-state index is -0.260. The van der Waals surface area contributed by atoms with Gasteiger partial charge in [0.15, 0.2) is 0 Å². The third-order valence-corrected chi connectivity index (χ3v) is 4.02. The number of benzene rings is 2. The van der Waals surface area contributed by atoms with Crippen molar-refractivity contribution in [2.45, 2.75) is 12.8 Å². The van der Waals surface area contributed by atoms with Gasteiger partial charge in [-0.2, -0.15) is 0 Å². The van der Waals surface area contributed by atoms with Crippen LogP contribution in [0.15, 0.2) is 59.1 Å². The Morgan fingerprint density at radius 1 is 1.00 bits per heavy atom. The Bertz CT molecular complexity index is 656. The minimum Gasteiger partial charge on any atom is -0.354 e. The smallest absolute Gasteiger partial charge is 0.251 e. The van der Waals surface area contributed by atoms with Crippen molar-refractivity contribution in [2.75, 3.05) is 13.1 Å². The molecule has 2 aromatic carbocycles. The maximum atomic E-state index is 11.9. The second-order valence-corrected chi connectivity index (χ2v) is 6.22. The number of hydrogen-bond donors (Lipinski definition) is 2. The van der Waals surface area contributed by atoms with Crippen LogP contribution in [-0.4, -0.2) is 24.9 Å². The van der Waals surface area contributed by atoms with Crippen LogP contribution in [-0.2, 0) is 4.79 Å². The summed E-state index contributed by atoms with van der Waals surface area (Å²) in [5.41, 5.74) is 1.70. The highest BCUT2D eigenvalue weighted by molar-refractivity contribution is 9.10. The first-order valence-electron chi connectivity index (χ1n) is 7.41. The second kappa shape index (κ2) is 8.48. The van der Waals surface area contributed by atoms with Gasteiger partial charge in [-0.3, -0.25) is 9.59 Å². The van der Waals surface area contributed by atoms with Crippen LogP contribution >= 0.6 is 15.9 Å². The molecule has 0 bridgehead atoms. The quantitative estimate of drug-likeness (QED) is 0.815. The van der Waals surface area contributed by atoms with Crippen molar-refractivity contribution in [3.63, 3.8) is 0 Å². The van der Waals surface area contributed by atoms with Crippen molar-refractivity contribution < 1.29 is 9.59 Å². The summed E-state index contributed by atoms with van der Waals surface area (Å²) >= 11 is 3.31. The molecule has 0 aliphatic heterocycles. The van der Waals surface area contributed by atoms with Gasteiger partial charge >= 0.3 is 0 Å². The first-order valence-corrected chi connectivity index (χ1v) is 8.21. The molecule has 0 saturated heterocycles. The lowest BCUT2D eigenvalue weighted by molar-refractivity contribution is -0.120. The summed E-state index contributed by atoms with van der Waals surface area (Å²) < 4.78 is 0.904. The number of amides is 2. The van der Waals surface area contributed by atoms with Gasteiger partial charge in [0.05, 0.1) is 6.54 Å². The molecule has 0 saturated carbocycles. The van der Waals surface area contributed by atoms with E-state index in [4.69, 9.17) is 0 Å². The first kappa shape index (κ1) is 17.2. The number of rotatable bonds is 6. The third-order valence-electron chi connectivity index (χ3n) is 3.49. The van der Waals surface area contributed by atoms with Gasteiger partial charge in [0.1, 0.15) is 0 Å². The monoisotopic (exact) mass is 374 g/mol. The third kappa shape index (κ3) is 5.53. The summed E-state index contributed by atoms with van der Waals surface area (Å²) in [6.45, 7) is 2.56. The normalized spacial score (nSPS) is 11.6. The molecule has 5 heteroatoms. The molecule has 120 valence electrons. The number of carbonyl (C=O) groups excluding carboxylic acids is 2. The predicted molar refractivity (Wildman–Crippen MR) is 94.3 cm³/mol. The second-order valence-electron chi connectivity index (χ2n) is 5.31. The number of hydrogen-bond acceptors (Lipinski definition) is 2. The zero-order chi connectivity index (χ0) is 16.7. The average Bonchev–Trinajstić information content (AvgIpc) is 2.59. The Morgan fingerprint density at radius 3 is 2.30 bits per heavy atom. The molecule has 2 rings (SSSR count). The molecule has 0 fully saturated rings. The molecule has 0 aliphatic rings. The summed E-state index contributed by atoms with van der Waals surface area (Å²) in [5, 5.41) is 5.45. The van der Waals surface area contributed by atoms with Gasteiger partial charge in [-0.15, -0.1) is 0 Å². The lowest BCUT2D eigenvalue weighted by Gasteiger charge is -2.13. The first-order chi connectivity index (χ1) is 11.1. The fraction of sp³-hybridized carbons (Fsp3) is 0.222. The SMILES string of the molecule is C[C@@H](CNC(=O)CNC(=O)c1ccc(Br)cc1)c1ccccc1. The van der Waals surface area contributed by atoms with E-state index in [9.17, 15) is 9.59 Å². The van der Waals surface area contributed by atoms with E-state index in [-0.39, 0.29) is 24.3 Å². The van der Waals surface area contributed by atoms with Gasteiger partial charge in [-0.1, -0.05) is 53.2 Å². The van der Waals surface area contributed by atoms with E-state index in [0.717, 1.165) is 4.47 Å². The Labute approximate surface area is 144 Å². The van der Waals surface area contributed by atoms with Crippen molar-refractivity contribution in [1.82, 2.24) is 10.6 Å². The summed E-state index contributed by atoms with van der Waals surface area (Å²) in [5.74, 6) is -0.232. The summed E-state index contributed by atoms with van der Waals surface area (Å²) in [4.78, 5) is 23.7. The maximum Gasteiger partial charge on any atom is 0.251 e. The molecule has 0 heterocycles. The average molecular weight is 375 g/mol. The molecule has 23 heavy (non-hydrogen) atoms. The molecular weight excluding hydrogens is 356 g/mol. The zero-order valence-corrected chi connectivity index (χ0v) is 14.5. The Balaban J connectivity index is 1.75. The van der Waals surface area contributed by atoms with E-state index >= 15 is 0 Å². The molecule has 0 spiro atoms. The lowest BCUT2D eigenvalue weighted by Crippen LogP contribution is -2.38. The van der Waals surface area contributed by atoms with E-state index in [1.165, 1.54) is 5.56 Å². The topological polar surface area (TPSA) is 58.2 Å². The Kier molecular flexibility index (Phi) is 6.35. The van der Waals surface area contributed by atoms with Crippen molar-refractivity contribution >= 4 is 27.7 Å². The maximum absolute atomic E-state index is 11.9. The molecule has 2 amide bonds. The van der Waals surface area contributed by atoms with Crippen LogP contribution in [0.2, 0.25) is 0 Å².